The number of amides is 1. The van der Waals surface area contributed by atoms with Gasteiger partial charge in [-0.25, -0.2) is 4.98 Å². The molecule has 1 unspecified atom stereocenters. The van der Waals surface area contributed by atoms with Gasteiger partial charge in [0.1, 0.15) is 5.15 Å². The SMILES string of the molecule is CC(NC(=O)c1cc(Br)cnc1Cl)C(C)(C)C. The predicted octanol–water partition coefficient (Wildman–Crippen LogP) is 3.66. The number of nitrogens with one attached hydrogen (secondary N) is 1. The van der Waals surface area contributed by atoms with Crippen molar-refractivity contribution in [2.75, 3.05) is 0 Å². The lowest BCUT2D eigenvalue weighted by molar-refractivity contribution is 0.0910. The van der Waals surface area contributed by atoms with Crippen LogP contribution in [0.1, 0.15) is 38.1 Å². The normalized spacial score (nSPS) is 13.3. The Morgan fingerprint density at radius 2 is 2.12 bits per heavy atom. The summed E-state index contributed by atoms with van der Waals surface area (Å²) in [5, 5.41) is 3.13. The fourth-order valence-electron chi connectivity index (χ4n) is 1.07. The van der Waals surface area contributed by atoms with E-state index in [1.54, 1.807) is 12.3 Å². The molecule has 0 aliphatic carbocycles. The van der Waals surface area contributed by atoms with Crippen LogP contribution in [0.5, 0.6) is 0 Å². The van der Waals surface area contributed by atoms with Gasteiger partial charge in [-0.05, 0) is 34.3 Å². The van der Waals surface area contributed by atoms with E-state index >= 15 is 0 Å². The molecule has 0 saturated heterocycles. The van der Waals surface area contributed by atoms with Crippen molar-refractivity contribution < 1.29 is 4.79 Å². The van der Waals surface area contributed by atoms with Crippen molar-refractivity contribution in [1.82, 2.24) is 10.3 Å². The largest absolute Gasteiger partial charge is 0.349 e. The van der Waals surface area contributed by atoms with E-state index in [1.807, 2.05) is 6.92 Å². The van der Waals surface area contributed by atoms with Gasteiger partial charge in [0.2, 0.25) is 0 Å². The van der Waals surface area contributed by atoms with E-state index in [0.29, 0.717) is 5.56 Å². The van der Waals surface area contributed by atoms with Crippen molar-refractivity contribution in [2.45, 2.75) is 33.7 Å². The van der Waals surface area contributed by atoms with Crippen molar-refractivity contribution in [3.8, 4) is 0 Å². The Balaban J connectivity index is 2.87. The number of pyridine rings is 1. The molecule has 0 aromatic carbocycles. The first-order valence-electron chi connectivity index (χ1n) is 5.33. The first-order valence-corrected chi connectivity index (χ1v) is 6.51. The number of rotatable bonds is 2. The minimum absolute atomic E-state index is 0.00156. The van der Waals surface area contributed by atoms with Crippen LogP contribution < -0.4 is 5.32 Å². The molecule has 1 N–H and O–H groups in total. The third-order valence-corrected chi connectivity index (χ3v) is 3.43. The molecule has 1 aromatic rings. The summed E-state index contributed by atoms with van der Waals surface area (Å²) in [4.78, 5) is 15.9. The van der Waals surface area contributed by atoms with Crippen molar-refractivity contribution in [1.29, 1.82) is 0 Å². The summed E-state index contributed by atoms with van der Waals surface area (Å²) < 4.78 is 0.732. The highest BCUT2D eigenvalue weighted by Gasteiger charge is 2.23. The molecule has 3 nitrogen and oxygen atoms in total. The van der Waals surface area contributed by atoms with E-state index < -0.39 is 0 Å². The molecule has 5 heteroatoms. The molecule has 0 fully saturated rings. The quantitative estimate of drug-likeness (QED) is 0.845. The molecule has 1 amide bonds. The van der Waals surface area contributed by atoms with E-state index in [2.05, 4.69) is 47.0 Å². The van der Waals surface area contributed by atoms with Crippen LogP contribution in [0.2, 0.25) is 5.15 Å². The van der Waals surface area contributed by atoms with Crippen LogP contribution in [0.4, 0.5) is 0 Å². The summed E-state index contributed by atoms with van der Waals surface area (Å²) in [5.41, 5.74) is 0.388. The molecule has 17 heavy (non-hydrogen) atoms. The van der Waals surface area contributed by atoms with E-state index in [9.17, 15) is 4.79 Å². The zero-order chi connectivity index (χ0) is 13.2. The van der Waals surface area contributed by atoms with E-state index in [-0.39, 0.29) is 22.5 Å². The molecule has 1 atom stereocenters. The number of aromatic nitrogens is 1. The average Bonchev–Trinajstić information content (AvgIpc) is 2.20. The number of hydrogen-bond acceptors (Lipinski definition) is 2. The van der Waals surface area contributed by atoms with Crippen LogP contribution in [0.15, 0.2) is 16.7 Å². The van der Waals surface area contributed by atoms with Crippen molar-refractivity contribution in [3.05, 3.63) is 27.5 Å². The second-order valence-corrected chi connectivity index (χ2v) is 6.33. The molecular formula is C12H16BrClN2O. The van der Waals surface area contributed by atoms with Crippen LogP contribution in [0, 0.1) is 5.41 Å². The molecule has 1 aromatic heterocycles. The Labute approximate surface area is 115 Å². The van der Waals surface area contributed by atoms with E-state index in [1.165, 1.54) is 0 Å². The molecular weight excluding hydrogens is 304 g/mol. The van der Waals surface area contributed by atoms with Gasteiger partial charge >= 0.3 is 0 Å². The minimum Gasteiger partial charge on any atom is -0.349 e. The maximum atomic E-state index is 12.0. The molecule has 1 heterocycles. The van der Waals surface area contributed by atoms with Gasteiger partial charge in [-0.3, -0.25) is 4.79 Å². The van der Waals surface area contributed by atoms with Gasteiger partial charge in [-0.1, -0.05) is 32.4 Å². The topological polar surface area (TPSA) is 42.0 Å². The lowest BCUT2D eigenvalue weighted by Gasteiger charge is -2.28. The van der Waals surface area contributed by atoms with Gasteiger partial charge < -0.3 is 5.32 Å². The lowest BCUT2D eigenvalue weighted by atomic mass is 9.88. The Hall–Kier alpha value is -0.610. The Kier molecular flexibility index (Phi) is 4.55. The summed E-state index contributed by atoms with van der Waals surface area (Å²) in [6, 6.07) is 1.71. The summed E-state index contributed by atoms with van der Waals surface area (Å²) in [6.07, 6.45) is 1.56. The van der Waals surface area contributed by atoms with Gasteiger partial charge in [-0.2, -0.15) is 0 Å². The number of carbonyl (C=O) groups excluding carboxylic acids is 1. The van der Waals surface area contributed by atoms with Gasteiger partial charge in [0.25, 0.3) is 5.91 Å². The number of hydrogen-bond donors (Lipinski definition) is 1. The maximum absolute atomic E-state index is 12.0. The second-order valence-electron chi connectivity index (χ2n) is 5.05. The van der Waals surface area contributed by atoms with Gasteiger partial charge in [0, 0.05) is 16.7 Å². The van der Waals surface area contributed by atoms with Gasteiger partial charge in [0.05, 0.1) is 5.56 Å². The fraction of sp³-hybridized carbons (Fsp3) is 0.500. The molecule has 1 rings (SSSR count). The number of halogens is 2. The molecule has 0 saturated carbocycles. The highest BCUT2D eigenvalue weighted by Crippen LogP contribution is 2.21. The fourth-order valence-corrected chi connectivity index (χ4v) is 1.59. The van der Waals surface area contributed by atoms with Crippen molar-refractivity contribution in [3.63, 3.8) is 0 Å². The molecule has 0 spiro atoms. The molecule has 0 aliphatic heterocycles. The highest BCUT2D eigenvalue weighted by molar-refractivity contribution is 9.10. The Morgan fingerprint density at radius 1 is 1.53 bits per heavy atom. The maximum Gasteiger partial charge on any atom is 0.254 e. The summed E-state index contributed by atoms with van der Waals surface area (Å²) >= 11 is 9.17. The smallest absolute Gasteiger partial charge is 0.254 e. The highest BCUT2D eigenvalue weighted by atomic mass is 79.9. The summed E-state index contributed by atoms with van der Waals surface area (Å²) in [6.45, 7) is 8.17. The van der Waals surface area contributed by atoms with Crippen LogP contribution in [-0.4, -0.2) is 16.9 Å². The summed E-state index contributed by atoms with van der Waals surface area (Å²) in [7, 11) is 0. The minimum atomic E-state index is -0.203. The number of carbonyl (C=O) groups is 1. The third-order valence-electron chi connectivity index (χ3n) is 2.70. The van der Waals surface area contributed by atoms with Gasteiger partial charge in [0.15, 0.2) is 0 Å². The van der Waals surface area contributed by atoms with Crippen molar-refractivity contribution >= 4 is 33.4 Å². The van der Waals surface area contributed by atoms with Gasteiger partial charge in [-0.15, -0.1) is 0 Å². The Morgan fingerprint density at radius 3 is 2.65 bits per heavy atom. The monoisotopic (exact) mass is 318 g/mol. The van der Waals surface area contributed by atoms with E-state index in [0.717, 1.165) is 4.47 Å². The average molecular weight is 320 g/mol. The zero-order valence-corrected chi connectivity index (χ0v) is 12.7. The first kappa shape index (κ1) is 14.5. The van der Waals surface area contributed by atoms with Crippen LogP contribution >= 0.6 is 27.5 Å². The predicted molar refractivity (Wildman–Crippen MR) is 73.3 cm³/mol. The lowest BCUT2D eigenvalue weighted by Crippen LogP contribution is -2.41. The van der Waals surface area contributed by atoms with Crippen LogP contribution in [0.25, 0.3) is 0 Å². The molecule has 0 aliphatic rings. The van der Waals surface area contributed by atoms with Crippen LogP contribution in [0.3, 0.4) is 0 Å². The Bertz CT molecular complexity index is 429. The molecule has 0 bridgehead atoms. The second kappa shape index (κ2) is 5.36. The zero-order valence-electron chi connectivity index (χ0n) is 10.3. The summed E-state index contributed by atoms with van der Waals surface area (Å²) in [5.74, 6) is -0.203. The van der Waals surface area contributed by atoms with Crippen molar-refractivity contribution in [2.24, 2.45) is 5.41 Å². The molecule has 94 valence electrons. The van der Waals surface area contributed by atoms with E-state index in [4.69, 9.17) is 11.6 Å². The first-order chi connectivity index (χ1) is 7.71. The third kappa shape index (κ3) is 3.96. The number of nitrogens with zero attached hydrogens (tertiary/aromatic N) is 1. The molecule has 0 radical (unpaired) electrons. The van der Waals surface area contributed by atoms with Crippen LogP contribution in [-0.2, 0) is 0 Å². The standard InChI is InChI=1S/C12H16BrClN2O/c1-7(12(2,3)4)16-11(17)9-5-8(13)6-15-10(9)14/h5-7H,1-4H3,(H,16,17).